The van der Waals surface area contributed by atoms with Crippen LogP contribution in [0.5, 0.6) is 0 Å². The Morgan fingerprint density at radius 3 is 1.08 bits per heavy atom. The zero-order valence-corrected chi connectivity index (χ0v) is 50.1. The van der Waals surface area contributed by atoms with Crippen LogP contribution in [0.2, 0.25) is 0 Å². The molecule has 6 nitrogen and oxygen atoms in total. The lowest BCUT2D eigenvalue weighted by molar-refractivity contribution is -0.143. The van der Waals surface area contributed by atoms with Crippen molar-refractivity contribution in [2.45, 2.75) is 386 Å². The minimum atomic E-state index is -0.667. The number of nitrogens with one attached hydrogen (secondary N) is 1. The monoisotopic (exact) mass is 1040 g/mol. The zero-order valence-electron chi connectivity index (χ0n) is 50.1. The van der Waals surface area contributed by atoms with Crippen LogP contribution in [0.1, 0.15) is 373 Å². The largest absolute Gasteiger partial charge is 0.466 e. The number of carbonyl (C=O) groups is 2. The Hall–Kier alpha value is -1.66. The maximum Gasteiger partial charge on any atom is 0.305 e. The average Bonchev–Trinajstić information content (AvgIpc) is 3.40. The van der Waals surface area contributed by atoms with E-state index in [2.05, 4.69) is 43.5 Å². The Morgan fingerprint density at radius 2 is 0.703 bits per heavy atom. The quantitative estimate of drug-likeness (QED) is 0.0320. The third-order valence-corrected chi connectivity index (χ3v) is 15.7. The highest BCUT2D eigenvalue weighted by Gasteiger charge is 2.20. The zero-order chi connectivity index (χ0) is 53.6. The Kier molecular flexibility index (Phi) is 62.4. The molecule has 0 aliphatic rings. The van der Waals surface area contributed by atoms with Crippen molar-refractivity contribution in [3.8, 4) is 0 Å². The van der Waals surface area contributed by atoms with Crippen LogP contribution < -0.4 is 5.32 Å². The molecule has 438 valence electrons. The smallest absolute Gasteiger partial charge is 0.305 e. The molecular weight excluding hydrogens is 911 g/mol. The molecule has 0 aromatic rings. The first-order valence-electron chi connectivity index (χ1n) is 33.6. The number of amides is 1. The molecule has 0 spiro atoms. The van der Waals surface area contributed by atoms with Crippen LogP contribution in [-0.4, -0.2) is 47.4 Å². The summed E-state index contributed by atoms with van der Waals surface area (Å²) in [5.74, 6) is -0.0366. The number of aliphatic hydroxyl groups excluding tert-OH is 2. The number of allylic oxidation sites excluding steroid dienone is 4. The predicted molar refractivity (Wildman–Crippen MR) is 324 cm³/mol. The van der Waals surface area contributed by atoms with Gasteiger partial charge in [-0.25, -0.2) is 0 Å². The summed E-state index contributed by atoms with van der Waals surface area (Å²) < 4.78 is 5.47. The van der Waals surface area contributed by atoms with Gasteiger partial charge in [0, 0.05) is 12.8 Å². The summed E-state index contributed by atoms with van der Waals surface area (Å²) in [7, 11) is 0. The van der Waals surface area contributed by atoms with Crippen LogP contribution >= 0.6 is 0 Å². The molecule has 74 heavy (non-hydrogen) atoms. The highest BCUT2D eigenvalue weighted by Crippen LogP contribution is 2.19. The van der Waals surface area contributed by atoms with Gasteiger partial charge in [0.15, 0.2) is 0 Å². The molecule has 3 N–H and O–H groups in total. The Morgan fingerprint density at radius 1 is 0.378 bits per heavy atom. The Bertz CT molecular complexity index is 1150. The van der Waals surface area contributed by atoms with E-state index >= 15 is 0 Å². The van der Waals surface area contributed by atoms with E-state index in [-0.39, 0.29) is 18.5 Å². The number of ether oxygens (including phenoxy) is 1. The van der Waals surface area contributed by atoms with Gasteiger partial charge in [0.2, 0.25) is 5.91 Å². The molecular formula is C68H131NO5. The lowest BCUT2D eigenvalue weighted by atomic mass is 10.0. The van der Waals surface area contributed by atoms with Crippen LogP contribution in [0.4, 0.5) is 0 Å². The van der Waals surface area contributed by atoms with E-state index in [1.165, 1.54) is 289 Å². The summed E-state index contributed by atoms with van der Waals surface area (Å²) in [5.41, 5.74) is 0. The second-order valence-corrected chi connectivity index (χ2v) is 23.2. The van der Waals surface area contributed by atoms with Gasteiger partial charge in [-0.2, -0.15) is 0 Å². The number of hydrogen-bond acceptors (Lipinski definition) is 5. The van der Waals surface area contributed by atoms with E-state index in [0.29, 0.717) is 25.9 Å². The van der Waals surface area contributed by atoms with Gasteiger partial charge in [-0.3, -0.25) is 9.59 Å². The molecule has 0 heterocycles. The molecule has 1 amide bonds. The maximum atomic E-state index is 12.5. The van der Waals surface area contributed by atoms with Gasteiger partial charge < -0.3 is 20.3 Å². The average molecular weight is 1040 g/mol. The van der Waals surface area contributed by atoms with Gasteiger partial charge in [-0.05, 0) is 51.4 Å². The normalized spacial score (nSPS) is 12.6. The molecule has 0 aliphatic heterocycles. The van der Waals surface area contributed by atoms with Crippen LogP contribution in [0.3, 0.4) is 0 Å². The molecule has 0 aromatic carbocycles. The molecule has 0 fully saturated rings. The second kappa shape index (κ2) is 63.9. The third kappa shape index (κ3) is 59.6. The molecule has 0 aromatic heterocycles. The summed E-state index contributed by atoms with van der Waals surface area (Å²) in [6, 6.07) is -0.544. The summed E-state index contributed by atoms with van der Waals surface area (Å²) in [6.07, 6.45) is 79.2. The van der Waals surface area contributed by atoms with Crippen molar-refractivity contribution in [3.05, 3.63) is 24.3 Å². The fraction of sp³-hybridized carbons (Fsp3) is 0.912. The van der Waals surface area contributed by atoms with E-state index in [1.807, 2.05) is 0 Å². The minimum Gasteiger partial charge on any atom is -0.466 e. The van der Waals surface area contributed by atoms with Crippen LogP contribution in [0, 0.1) is 0 Å². The van der Waals surface area contributed by atoms with Gasteiger partial charge >= 0.3 is 5.97 Å². The number of hydrogen-bond donors (Lipinski definition) is 3. The molecule has 6 heteroatoms. The molecule has 0 radical (unpaired) electrons. The highest BCUT2D eigenvalue weighted by atomic mass is 16.5. The van der Waals surface area contributed by atoms with Gasteiger partial charge in [0.25, 0.3) is 0 Å². The number of rotatable bonds is 63. The number of carbonyl (C=O) groups excluding carboxylic acids is 2. The first-order valence-corrected chi connectivity index (χ1v) is 33.6. The standard InChI is InChI=1S/C68H131NO5/c1-3-5-7-9-11-13-15-17-18-19-20-21-22-23-24-27-30-33-37-40-44-48-52-56-60-66(71)65(64-70)69-67(72)61-57-53-49-45-41-38-34-31-28-25-26-29-32-35-39-43-47-51-55-59-63-74-68(73)62-58-54-50-46-42-36-16-14-12-10-8-6-4-2/h8,10,14,16,65-66,70-71H,3-7,9,11-13,15,17-64H2,1-2H3,(H,69,72)/b10-8-,16-14-. The van der Waals surface area contributed by atoms with Gasteiger partial charge in [0.05, 0.1) is 25.4 Å². The molecule has 2 atom stereocenters. The second-order valence-electron chi connectivity index (χ2n) is 23.2. The third-order valence-electron chi connectivity index (χ3n) is 15.7. The fourth-order valence-electron chi connectivity index (χ4n) is 10.6. The van der Waals surface area contributed by atoms with Gasteiger partial charge in [-0.1, -0.05) is 334 Å². The first kappa shape index (κ1) is 72.3. The van der Waals surface area contributed by atoms with Crippen molar-refractivity contribution in [3.63, 3.8) is 0 Å². The van der Waals surface area contributed by atoms with Crippen molar-refractivity contribution in [2.24, 2.45) is 0 Å². The van der Waals surface area contributed by atoms with Crippen LogP contribution in [0.15, 0.2) is 24.3 Å². The number of esters is 1. The van der Waals surface area contributed by atoms with Gasteiger partial charge in [-0.15, -0.1) is 0 Å². The predicted octanol–water partition coefficient (Wildman–Crippen LogP) is 21.4. The highest BCUT2D eigenvalue weighted by molar-refractivity contribution is 5.76. The lowest BCUT2D eigenvalue weighted by Gasteiger charge is -2.22. The number of unbranched alkanes of at least 4 members (excludes halogenated alkanes) is 48. The summed E-state index contributed by atoms with van der Waals surface area (Å²) in [4.78, 5) is 24.6. The van der Waals surface area contributed by atoms with E-state index in [1.54, 1.807) is 0 Å². The van der Waals surface area contributed by atoms with E-state index in [9.17, 15) is 19.8 Å². The van der Waals surface area contributed by atoms with Crippen LogP contribution in [-0.2, 0) is 14.3 Å². The van der Waals surface area contributed by atoms with Crippen molar-refractivity contribution in [1.82, 2.24) is 5.32 Å². The minimum absolute atomic E-state index is 0.00386. The van der Waals surface area contributed by atoms with Crippen molar-refractivity contribution in [1.29, 1.82) is 0 Å². The van der Waals surface area contributed by atoms with Crippen LogP contribution in [0.25, 0.3) is 0 Å². The molecule has 2 unspecified atom stereocenters. The lowest BCUT2D eigenvalue weighted by Crippen LogP contribution is -2.45. The summed E-state index contributed by atoms with van der Waals surface area (Å²) in [5, 5.41) is 23.4. The molecule has 0 aliphatic carbocycles. The Balaban J connectivity index is 3.40. The summed E-state index contributed by atoms with van der Waals surface area (Å²) in [6.45, 7) is 4.91. The topological polar surface area (TPSA) is 95.9 Å². The fourth-order valence-corrected chi connectivity index (χ4v) is 10.6. The van der Waals surface area contributed by atoms with E-state index in [0.717, 1.165) is 51.4 Å². The maximum absolute atomic E-state index is 12.5. The van der Waals surface area contributed by atoms with Crippen molar-refractivity contribution < 1.29 is 24.5 Å². The molecule has 0 rings (SSSR count). The van der Waals surface area contributed by atoms with E-state index in [4.69, 9.17) is 4.74 Å². The molecule has 0 saturated heterocycles. The van der Waals surface area contributed by atoms with E-state index < -0.39 is 12.1 Å². The Labute approximate surface area is 462 Å². The summed E-state index contributed by atoms with van der Waals surface area (Å²) >= 11 is 0. The number of aliphatic hydroxyl groups is 2. The molecule has 0 saturated carbocycles. The molecule has 0 bridgehead atoms. The first-order chi connectivity index (χ1) is 36.5. The van der Waals surface area contributed by atoms with Crippen molar-refractivity contribution in [2.75, 3.05) is 13.2 Å². The SMILES string of the molecule is CCC/C=C\C/C=C\CCCCCCCC(=O)OCCCCCCCCCCCCCCCCCCCCCCC(=O)NC(CO)C(O)CCCCCCCCCCCCCCCCCCCCCCCCCC. The van der Waals surface area contributed by atoms with Gasteiger partial charge in [0.1, 0.15) is 0 Å². The van der Waals surface area contributed by atoms with Crippen molar-refractivity contribution >= 4 is 11.9 Å².